The first-order valence-electron chi connectivity index (χ1n) is 10.1. The number of anilines is 1. The van der Waals surface area contributed by atoms with E-state index in [1.807, 2.05) is 61.5 Å². The van der Waals surface area contributed by atoms with E-state index in [2.05, 4.69) is 0 Å². The Hall–Kier alpha value is -3.03. The van der Waals surface area contributed by atoms with Gasteiger partial charge >= 0.3 is 0 Å². The minimum atomic E-state index is -4.02. The molecule has 0 N–H and O–H groups in total. The van der Waals surface area contributed by atoms with Gasteiger partial charge in [0.25, 0.3) is 0 Å². The van der Waals surface area contributed by atoms with E-state index in [-0.39, 0.29) is 23.8 Å². The second-order valence-corrected chi connectivity index (χ2v) is 9.30. The first kappa shape index (κ1) is 21.2. The lowest BCUT2D eigenvalue weighted by Crippen LogP contribution is -2.53. The smallest absolute Gasteiger partial charge is 0.245 e. The minimum Gasteiger partial charge on any atom is -0.311 e. The van der Waals surface area contributed by atoms with Gasteiger partial charge in [0.1, 0.15) is 11.9 Å². The molecule has 1 aliphatic heterocycles. The Morgan fingerprint density at radius 1 is 0.968 bits per heavy atom. The van der Waals surface area contributed by atoms with Gasteiger partial charge in [-0.05, 0) is 60.9 Å². The highest BCUT2D eigenvalue weighted by molar-refractivity contribution is 7.89. The third kappa shape index (κ3) is 4.11. The van der Waals surface area contributed by atoms with Gasteiger partial charge in [0.2, 0.25) is 15.9 Å². The van der Waals surface area contributed by atoms with Crippen molar-refractivity contribution < 1.29 is 17.6 Å². The molecule has 0 aromatic heterocycles. The molecule has 0 saturated carbocycles. The van der Waals surface area contributed by atoms with Crippen molar-refractivity contribution in [1.82, 2.24) is 4.31 Å². The van der Waals surface area contributed by atoms with Crippen LogP contribution in [0.2, 0.25) is 0 Å². The van der Waals surface area contributed by atoms with Crippen LogP contribution in [0.5, 0.6) is 0 Å². The maximum atomic E-state index is 13.6. The number of amides is 1. The summed E-state index contributed by atoms with van der Waals surface area (Å²) in [4.78, 5) is 15.2. The largest absolute Gasteiger partial charge is 0.311 e. The van der Waals surface area contributed by atoms with Crippen LogP contribution in [0.25, 0.3) is 0 Å². The van der Waals surface area contributed by atoms with Gasteiger partial charge in [-0.3, -0.25) is 4.79 Å². The van der Waals surface area contributed by atoms with Crippen molar-refractivity contribution in [1.29, 1.82) is 0 Å². The lowest BCUT2D eigenvalue weighted by molar-refractivity contribution is -0.122. The summed E-state index contributed by atoms with van der Waals surface area (Å²) in [7, 11) is -4.02. The third-order valence-electron chi connectivity index (χ3n) is 5.56. The molecule has 1 amide bonds. The molecule has 0 aliphatic carbocycles. The van der Waals surface area contributed by atoms with E-state index >= 15 is 0 Å². The molecule has 4 rings (SSSR count). The average Bonchev–Trinajstić information content (AvgIpc) is 2.79. The Bertz CT molecular complexity index is 1180. The molecule has 1 atom stereocenters. The molecule has 1 heterocycles. The molecule has 31 heavy (non-hydrogen) atoms. The molecular formula is C24H23FN2O3S. The Labute approximate surface area is 181 Å². The molecule has 3 aromatic rings. The van der Waals surface area contributed by atoms with Gasteiger partial charge in [-0.1, -0.05) is 42.5 Å². The van der Waals surface area contributed by atoms with E-state index in [4.69, 9.17) is 0 Å². The molecule has 1 aliphatic rings. The molecule has 5 nitrogen and oxygen atoms in total. The highest BCUT2D eigenvalue weighted by Gasteiger charge is 2.41. The number of carbonyl (C=O) groups excluding carboxylic acids is 1. The van der Waals surface area contributed by atoms with Gasteiger partial charge < -0.3 is 4.90 Å². The monoisotopic (exact) mass is 438 g/mol. The number of likely N-dealkylation sites (N-methyl/N-ethyl adjacent to an activating group) is 1. The van der Waals surface area contributed by atoms with E-state index in [0.29, 0.717) is 12.2 Å². The molecule has 0 saturated heterocycles. The number of carbonyl (C=O) groups is 1. The Morgan fingerprint density at radius 2 is 1.58 bits per heavy atom. The summed E-state index contributed by atoms with van der Waals surface area (Å²) in [6.45, 7) is 2.35. The van der Waals surface area contributed by atoms with Gasteiger partial charge in [0, 0.05) is 18.8 Å². The van der Waals surface area contributed by atoms with E-state index in [1.165, 1.54) is 16.4 Å². The maximum Gasteiger partial charge on any atom is 0.245 e. The molecule has 7 heteroatoms. The second-order valence-electron chi connectivity index (χ2n) is 7.41. The van der Waals surface area contributed by atoms with Crippen molar-refractivity contribution in [3.05, 3.63) is 95.8 Å². The summed E-state index contributed by atoms with van der Waals surface area (Å²) in [5.74, 6) is -0.800. The van der Waals surface area contributed by atoms with Crippen molar-refractivity contribution >= 4 is 21.6 Å². The van der Waals surface area contributed by atoms with Gasteiger partial charge in [-0.15, -0.1) is 0 Å². The van der Waals surface area contributed by atoms with Crippen LogP contribution < -0.4 is 4.90 Å². The molecular weight excluding hydrogens is 415 g/mol. The van der Waals surface area contributed by atoms with Gasteiger partial charge in [0.15, 0.2) is 0 Å². The molecule has 160 valence electrons. The van der Waals surface area contributed by atoms with Crippen molar-refractivity contribution in [2.45, 2.75) is 30.8 Å². The average molecular weight is 439 g/mol. The SMILES string of the molecule is CCN(C(=O)[C@H]1Cc2ccccc2CN1S(=O)(=O)c1ccc(F)cc1)c1ccccc1. The maximum absolute atomic E-state index is 13.6. The minimum absolute atomic E-state index is 0.0335. The van der Waals surface area contributed by atoms with Crippen molar-refractivity contribution in [3.8, 4) is 0 Å². The van der Waals surface area contributed by atoms with Crippen LogP contribution in [-0.2, 0) is 27.8 Å². The highest BCUT2D eigenvalue weighted by Crippen LogP contribution is 2.31. The molecule has 3 aromatic carbocycles. The number of rotatable bonds is 5. The number of para-hydroxylation sites is 1. The van der Waals surface area contributed by atoms with Crippen LogP contribution in [0.3, 0.4) is 0 Å². The van der Waals surface area contributed by atoms with Gasteiger partial charge in [0.05, 0.1) is 4.90 Å². The molecule has 0 bridgehead atoms. The lowest BCUT2D eigenvalue weighted by Gasteiger charge is -2.37. The fourth-order valence-electron chi connectivity index (χ4n) is 3.96. The van der Waals surface area contributed by atoms with E-state index in [9.17, 15) is 17.6 Å². The molecule has 0 radical (unpaired) electrons. The number of hydrogen-bond acceptors (Lipinski definition) is 3. The van der Waals surface area contributed by atoms with E-state index in [0.717, 1.165) is 23.3 Å². The number of sulfonamides is 1. The highest BCUT2D eigenvalue weighted by atomic mass is 32.2. The van der Waals surface area contributed by atoms with Crippen LogP contribution >= 0.6 is 0 Å². The zero-order valence-electron chi connectivity index (χ0n) is 17.1. The van der Waals surface area contributed by atoms with Crippen molar-refractivity contribution in [3.63, 3.8) is 0 Å². The zero-order valence-corrected chi connectivity index (χ0v) is 17.9. The topological polar surface area (TPSA) is 57.7 Å². The third-order valence-corrected chi connectivity index (χ3v) is 7.43. The molecule has 0 fully saturated rings. The number of fused-ring (bicyclic) bond motifs is 1. The normalized spacial score (nSPS) is 16.5. The van der Waals surface area contributed by atoms with Gasteiger partial charge in [-0.25, -0.2) is 12.8 Å². The van der Waals surface area contributed by atoms with Crippen LogP contribution in [0.4, 0.5) is 10.1 Å². The number of halogens is 1. The fourth-order valence-corrected chi connectivity index (χ4v) is 5.52. The molecule has 0 spiro atoms. The van der Waals surface area contributed by atoms with Crippen LogP contribution in [-0.4, -0.2) is 31.2 Å². The first-order chi connectivity index (χ1) is 14.9. The number of hydrogen-bond donors (Lipinski definition) is 0. The Morgan fingerprint density at radius 3 is 2.23 bits per heavy atom. The van der Waals surface area contributed by atoms with Crippen LogP contribution in [0.15, 0.2) is 83.8 Å². The Balaban J connectivity index is 1.77. The van der Waals surface area contributed by atoms with Crippen LogP contribution in [0.1, 0.15) is 18.1 Å². The summed E-state index contributed by atoms with van der Waals surface area (Å²) < 4.78 is 41.6. The predicted octanol–water partition coefficient (Wildman–Crippen LogP) is 3.99. The summed E-state index contributed by atoms with van der Waals surface area (Å²) in [6, 6.07) is 20.6. The predicted molar refractivity (Wildman–Crippen MR) is 118 cm³/mol. The first-order valence-corrected chi connectivity index (χ1v) is 11.6. The Kier molecular flexibility index (Phi) is 5.89. The van der Waals surface area contributed by atoms with Crippen molar-refractivity contribution in [2.24, 2.45) is 0 Å². The fraction of sp³-hybridized carbons (Fsp3) is 0.208. The van der Waals surface area contributed by atoms with Crippen molar-refractivity contribution in [2.75, 3.05) is 11.4 Å². The summed E-state index contributed by atoms with van der Waals surface area (Å²) in [6.07, 6.45) is 0.277. The summed E-state index contributed by atoms with van der Waals surface area (Å²) >= 11 is 0. The van der Waals surface area contributed by atoms with Gasteiger partial charge in [-0.2, -0.15) is 4.31 Å². The quantitative estimate of drug-likeness (QED) is 0.605. The number of benzene rings is 3. The molecule has 0 unspecified atom stereocenters. The van der Waals surface area contributed by atoms with Crippen LogP contribution in [0, 0.1) is 5.82 Å². The standard InChI is InChI=1S/C24H23FN2O3S/c1-2-26(21-10-4-3-5-11-21)24(28)23-16-18-8-6-7-9-19(18)17-27(23)31(29,30)22-14-12-20(25)13-15-22/h3-15,23H,2,16-17H2,1H3/t23-/m1/s1. The second kappa shape index (κ2) is 8.61. The summed E-state index contributed by atoms with van der Waals surface area (Å²) in [5.41, 5.74) is 2.53. The summed E-state index contributed by atoms with van der Waals surface area (Å²) in [5, 5.41) is 0. The zero-order chi connectivity index (χ0) is 22.0. The van der Waals surface area contributed by atoms with E-state index < -0.39 is 21.9 Å². The lowest BCUT2D eigenvalue weighted by atomic mass is 9.95. The van der Waals surface area contributed by atoms with E-state index in [1.54, 1.807) is 4.90 Å². The number of nitrogens with zero attached hydrogens (tertiary/aromatic N) is 2.